The van der Waals surface area contributed by atoms with Crippen molar-refractivity contribution in [2.24, 2.45) is 0 Å². The van der Waals surface area contributed by atoms with E-state index in [9.17, 15) is 8.42 Å². The second-order valence-electron chi connectivity index (χ2n) is 6.84. The van der Waals surface area contributed by atoms with Gasteiger partial charge in [-0.15, -0.1) is 0 Å². The van der Waals surface area contributed by atoms with E-state index in [1.165, 1.54) is 49.1 Å². The van der Waals surface area contributed by atoms with Crippen molar-refractivity contribution in [3.8, 4) is 0 Å². The highest BCUT2D eigenvalue weighted by molar-refractivity contribution is 7.88. The molecule has 1 aliphatic heterocycles. The summed E-state index contributed by atoms with van der Waals surface area (Å²) in [6.45, 7) is 3.74. The molecule has 2 aliphatic rings. The van der Waals surface area contributed by atoms with Crippen LogP contribution in [0.5, 0.6) is 0 Å². The first kappa shape index (κ1) is 18.2. The topological polar surface area (TPSA) is 49.9 Å². The lowest BCUT2D eigenvalue weighted by atomic mass is 10.1. The molecule has 5 nitrogen and oxygen atoms in total. The smallest absolute Gasteiger partial charge is 0.211 e. The highest BCUT2D eigenvalue weighted by Crippen LogP contribution is 2.20. The summed E-state index contributed by atoms with van der Waals surface area (Å²) in [4.78, 5) is 2.41. The Morgan fingerprint density at radius 3 is 2.18 bits per heavy atom. The lowest BCUT2D eigenvalue weighted by molar-refractivity contribution is 0.0234. The SMILES string of the molecule is CN(C1CCN(CCOC2CCCCCC2)CC1)S(C)(=O)=O. The summed E-state index contributed by atoms with van der Waals surface area (Å²) in [5, 5.41) is 0. The number of hydrogen-bond donors (Lipinski definition) is 0. The maximum absolute atomic E-state index is 11.6. The highest BCUT2D eigenvalue weighted by Gasteiger charge is 2.27. The van der Waals surface area contributed by atoms with Gasteiger partial charge in [-0.1, -0.05) is 25.7 Å². The summed E-state index contributed by atoms with van der Waals surface area (Å²) >= 11 is 0. The molecule has 1 saturated heterocycles. The molecule has 0 bridgehead atoms. The van der Waals surface area contributed by atoms with E-state index >= 15 is 0 Å². The molecule has 0 amide bonds. The number of piperidine rings is 1. The number of hydrogen-bond acceptors (Lipinski definition) is 4. The molecular weight excluding hydrogens is 300 g/mol. The minimum Gasteiger partial charge on any atom is -0.377 e. The van der Waals surface area contributed by atoms with Crippen LogP contribution >= 0.6 is 0 Å². The monoisotopic (exact) mass is 332 g/mol. The minimum absolute atomic E-state index is 0.161. The standard InChI is InChI=1S/C16H32N2O3S/c1-17(22(2,19)20)15-9-11-18(12-10-15)13-14-21-16-7-5-3-4-6-8-16/h15-16H,3-14H2,1-2H3. The Bertz CT molecular complexity index is 411. The average Bonchev–Trinajstić information content (AvgIpc) is 2.75. The van der Waals surface area contributed by atoms with E-state index in [4.69, 9.17) is 4.74 Å². The molecule has 1 heterocycles. The zero-order valence-corrected chi connectivity index (χ0v) is 15.0. The first-order valence-electron chi connectivity index (χ1n) is 8.74. The Hall–Kier alpha value is -0.170. The van der Waals surface area contributed by atoms with E-state index in [0.29, 0.717) is 6.10 Å². The summed E-state index contributed by atoms with van der Waals surface area (Å²) in [6, 6.07) is 0.161. The Morgan fingerprint density at radius 1 is 1.05 bits per heavy atom. The van der Waals surface area contributed by atoms with Crippen molar-refractivity contribution in [3.05, 3.63) is 0 Å². The van der Waals surface area contributed by atoms with E-state index < -0.39 is 10.0 Å². The number of likely N-dealkylation sites (tertiary alicyclic amines) is 1. The molecule has 0 N–H and O–H groups in total. The van der Waals surface area contributed by atoms with Crippen LogP contribution in [0.3, 0.4) is 0 Å². The van der Waals surface area contributed by atoms with Gasteiger partial charge in [-0.05, 0) is 38.8 Å². The van der Waals surface area contributed by atoms with Crippen molar-refractivity contribution in [1.29, 1.82) is 0 Å². The van der Waals surface area contributed by atoms with Crippen LogP contribution in [0.2, 0.25) is 0 Å². The fraction of sp³-hybridized carbons (Fsp3) is 1.00. The molecule has 2 fully saturated rings. The van der Waals surface area contributed by atoms with E-state index in [1.807, 2.05) is 0 Å². The Kier molecular flexibility index (Phi) is 7.12. The molecule has 0 aromatic heterocycles. The summed E-state index contributed by atoms with van der Waals surface area (Å²) in [6.07, 6.45) is 11.4. The molecule has 1 saturated carbocycles. The van der Waals surface area contributed by atoms with Gasteiger partial charge in [-0.3, -0.25) is 0 Å². The van der Waals surface area contributed by atoms with E-state index in [0.717, 1.165) is 39.1 Å². The maximum Gasteiger partial charge on any atom is 0.211 e. The molecule has 2 rings (SSSR count). The first-order valence-corrected chi connectivity index (χ1v) is 10.6. The maximum atomic E-state index is 11.6. The molecule has 0 unspecified atom stereocenters. The van der Waals surface area contributed by atoms with Gasteiger partial charge in [-0.25, -0.2) is 12.7 Å². The third-order valence-electron chi connectivity index (χ3n) is 5.16. The van der Waals surface area contributed by atoms with Crippen molar-refractivity contribution in [3.63, 3.8) is 0 Å². The van der Waals surface area contributed by atoms with Crippen molar-refractivity contribution in [1.82, 2.24) is 9.21 Å². The summed E-state index contributed by atoms with van der Waals surface area (Å²) < 4.78 is 30.7. The predicted molar refractivity (Wildman–Crippen MR) is 89.5 cm³/mol. The van der Waals surface area contributed by atoms with Gasteiger partial charge in [0.1, 0.15) is 0 Å². The zero-order chi connectivity index (χ0) is 16.0. The van der Waals surface area contributed by atoms with Crippen LogP contribution in [0.25, 0.3) is 0 Å². The highest BCUT2D eigenvalue weighted by atomic mass is 32.2. The largest absolute Gasteiger partial charge is 0.377 e. The zero-order valence-electron chi connectivity index (χ0n) is 14.2. The Balaban J connectivity index is 1.63. The summed E-state index contributed by atoms with van der Waals surface area (Å²) in [5.41, 5.74) is 0. The average molecular weight is 333 g/mol. The van der Waals surface area contributed by atoms with Crippen LogP contribution in [0, 0.1) is 0 Å². The molecule has 0 atom stereocenters. The summed E-state index contributed by atoms with van der Waals surface area (Å²) in [5.74, 6) is 0. The van der Waals surface area contributed by atoms with Gasteiger partial charge in [0.05, 0.1) is 19.0 Å². The Morgan fingerprint density at radius 2 is 1.64 bits per heavy atom. The van der Waals surface area contributed by atoms with Gasteiger partial charge in [0.2, 0.25) is 10.0 Å². The van der Waals surface area contributed by atoms with Crippen LogP contribution in [0.4, 0.5) is 0 Å². The molecule has 0 spiro atoms. The van der Waals surface area contributed by atoms with Crippen molar-refractivity contribution < 1.29 is 13.2 Å². The minimum atomic E-state index is -3.06. The fourth-order valence-electron chi connectivity index (χ4n) is 3.53. The van der Waals surface area contributed by atoms with Crippen LogP contribution in [-0.2, 0) is 14.8 Å². The Labute approximate surface area is 136 Å². The third kappa shape index (κ3) is 5.80. The lowest BCUT2D eigenvalue weighted by Gasteiger charge is -2.35. The molecule has 0 aromatic rings. The molecular formula is C16H32N2O3S. The van der Waals surface area contributed by atoms with Crippen LogP contribution in [-0.4, -0.2) is 69.3 Å². The normalized spacial score (nSPS) is 23.8. The lowest BCUT2D eigenvalue weighted by Crippen LogP contribution is -2.46. The van der Waals surface area contributed by atoms with Gasteiger partial charge in [-0.2, -0.15) is 0 Å². The quantitative estimate of drug-likeness (QED) is 0.699. The number of ether oxygens (including phenoxy) is 1. The second kappa shape index (κ2) is 8.62. The van der Waals surface area contributed by atoms with Gasteiger partial charge in [0.15, 0.2) is 0 Å². The second-order valence-corrected chi connectivity index (χ2v) is 8.88. The van der Waals surface area contributed by atoms with E-state index in [1.54, 1.807) is 7.05 Å². The van der Waals surface area contributed by atoms with E-state index in [-0.39, 0.29) is 6.04 Å². The molecule has 130 valence electrons. The van der Waals surface area contributed by atoms with Crippen molar-refractivity contribution in [2.75, 3.05) is 39.5 Å². The van der Waals surface area contributed by atoms with Gasteiger partial charge < -0.3 is 9.64 Å². The van der Waals surface area contributed by atoms with E-state index in [2.05, 4.69) is 4.90 Å². The summed E-state index contributed by atoms with van der Waals surface area (Å²) in [7, 11) is -1.37. The van der Waals surface area contributed by atoms with Crippen LogP contribution < -0.4 is 0 Å². The predicted octanol–water partition coefficient (Wildman–Crippen LogP) is 2.08. The fourth-order valence-corrected chi connectivity index (χ4v) is 4.29. The van der Waals surface area contributed by atoms with Crippen molar-refractivity contribution >= 4 is 10.0 Å². The van der Waals surface area contributed by atoms with Gasteiger partial charge in [0, 0.05) is 19.6 Å². The van der Waals surface area contributed by atoms with Crippen molar-refractivity contribution in [2.45, 2.75) is 63.5 Å². The molecule has 6 heteroatoms. The number of sulfonamides is 1. The van der Waals surface area contributed by atoms with Gasteiger partial charge in [0.25, 0.3) is 0 Å². The molecule has 0 radical (unpaired) electrons. The number of rotatable bonds is 6. The number of nitrogens with zero attached hydrogens (tertiary/aromatic N) is 2. The molecule has 22 heavy (non-hydrogen) atoms. The third-order valence-corrected chi connectivity index (χ3v) is 6.50. The first-order chi connectivity index (χ1) is 10.5. The molecule has 1 aliphatic carbocycles. The van der Waals surface area contributed by atoms with Crippen LogP contribution in [0.15, 0.2) is 0 Å². The molecule has 0 aromatic carbocycles. The van der Waals surface area contributed by atoms with Crippen LogP contribution in [0.1, 0.15) is 51.4 Å². The van der Waals surface area contributed by atoms with Gasteiger partial charge >= 0.3 is 0 Å².